The van der Waals surface area contributed by atoms with Crippen molar-refractivity contribution >= 4 is 29.5 Å². The minimum absolute atomic E-state index is 0.0742. The van der Waals surface area contributed by atoms with Gasteiger partial charge in [-0.2, -0.15) is 0 Å². The summed E-state index contributed by atoms with van der Waals surface area (Å²) in [5.74, 6) is 0.223. The standard InChI is InChI=1S/C30H39ClN2O3/c1-4-6-8-16-33-17-9-7-10-23-18-27(31)13-11-25(23)22-36-29-14-12-24(19-28(29)33)26(21-34)20-30(35)32(3)15-5-2/h5,11-14,18-19,21,26H,2,4,6-10,15-17,20,22H2,1,3H3. The Morgan fingerprint density at radius 2 is 2.03 bits per heavy atom. The molecule has 0 saturated heterocycles. The Morgan fingerprint density at radius 3 is 2.78 bits per heavy atom. The van der Waals surface area contributed by atoms with Crippen molar-refractivity contribution in [3.05, 3.63) is 70.8 Å². The molecule has 1 atom stereocenters. The summed E-state index contributed by atoms with van der Waals surface area (Å²) in [6.45, 7) is 8.66. The molecule has 1 aliphatic rings. The lowest BCUT2D eigenvalue weighted by Crippen LogP contribution is -2.29. The number of anilines is 1. The van der Waals surface area contributed by atoms with E-state index in [0.717, 1.165) is 85.5 Å². The molecule has 0 aliphatic carbocycles. The highest BCUT2D eigenvalue weighted by molar-refractivity contribution is 6.30. The Labute approximate surface area is 221 Å². The van der Waals surface area contributed by atoms with Crippen LogP contribution in [0.3, 0.4) is 0 Å². The summed E-state index contributed by atoms with van der Waals surface area (Å²) in [6.07, 6.45) is 9.20. The fourth-order valence-corrected chi connectivity index (χ4v) is 4.86. The van der Waals surface area contributed by atoms with Gasteiger partial charge < -0.3 is 19.3 Å². The molecule has 1 unspecified atom stereocenters. The van der Waals surface area contributed by atoms with Gasteiger partial charge in [-0.25, -0.2) is 0 Å². The maximum atomic E-state index is 12.6. The van der Waals surface area contributed by atoms with Crippen molar-refractivity contribution < 1.29 is 14.3 Å². The number of carbonyl (C=O) groups excluding carboxylic acids is 2. The van der Waals surface area contributed by atoms with E-state index in [4.69, 9.17) is 16.3 Å². The number of benzene rings is 2. The molecular formula is C30H39ClN2O3. The number of hydrogen-bond acceptors (Lipinski definition) is 4. The van der Waals surface area contributed by atoms with Crippen molar-refractivity contribution in [2.24, 2.45) is 0 Å². The van der Waals surface area contributed by atoms with Crippen LogP contribution in [0.25, 0.3) is 0 Å². The molecule has 0 radical (unpaired) electrons. The number of likely N-dealkylation sites (N-methyl/N-ethyl adjacent to an activating group) is 1. The third-order valence-electron chi connectivity index (χ3n) is 6.85. The summed E-state index contributed by atoms with van der Waals surface area (Å²) >= 11 is 6.28. The first-order chi connectivity index (χ1) is 17.5. The predicted octanol–water partition coefficient (Wildman–Crippen LogP) is 6.57. The van der Waals surface area contributed by atoms with Crippen molar-refractivity contribution in [2.45, 2.75) is 64.4 Å². The number of aldehydes is 1. The van der Waals surface area contributed by atoms with Crippen molar-refractivity contribution in [1.29, 1.82) is 0 Å². The van der Waals surface area contributed by atoms with Crippen LogP contribution in [-0.2, 0) is 22.6 Å². The van der Waals surface area contributed by atoms with Crippen molar-refractivity contribution in [1.82, 2.24) is 4.90 Å². The van der Waals surface area contributed by atoms with E-state index in [1.54, 1.807) is 18.0 Å². The molecule has 1 heterocycles. The quantitative estimate of drug-likeness (QED) is 0.206. The van der Waals surface area contributed by atoms with Crippen molar-refractivity contribution in [3.8, 4) is 5.75 Å². The molecule has 3 rings (SSSR count). The summed E-state index contributed by atoms with van der Waals surface area (Å²) in [5.41, 5.74) is 4.23. The lowest BCUT2D eigenvalue weighted by Gasteiger charge is -2.28. The van der Waals surface area contributed by atoms with Gasteiger partial charge in [-0.15, -0.1) is 6.58 Å². The molecule has 5 nitrogen and oxygen atoms in total. The molecule has 0 bridgehead atoms. The minimum Gasteiger partial charge on any atom is -0.487 e. The fraction of sp³-hybridized carbons (Fsp3) is 0.467. The molecule has 1 amide bonds. The molecule has 0 saturated carbocycles. The average molecular weight is 511 g/mol. The van der Waals surface area contributed by atoms with Crippen LogP contribution < -0.4 is 9.64 Å². The van der Waals surface area contributed by atoms with Gasteiger partial charge in [0.25, 0.3) is 0 Å². The van der Waals surface area contributed by atoms with Crippen molar-refractivity contribution in [2.75, 3.05) is 31.6 Å². The van der Waals surface area contributed by atoms with E-state index in [9.17, 15) is 9.59 Å². The Kier molecular flexibility index (Phi) is 10.9. The van der Waals surface area contributed by atoms with Gasteiger partial charge in [0, 0.05) is 44.0 Å². The maximum absolute atomic E-state index is 12.6. The number of halogens is 1. The van der Waals surface area contributed by atoms with E-state index >= 15 is 0 Å². The smallest absolute Gasteiger partial charge is 0.223 e. The second-order valence-electron chi connectivity index (χ2n) is 9.59. The van der Waals surface area contributed by atoms with E-state index in [1.807, 2.05) is 18.2 Å². The molecule has 0 fully saturated rings. The van der Waals surface area contributed by atoms with Crippen LogP contribution in [0, 0.1) is 0 Å². The van der Waals surface area contributed by atoms with Crippen LogP contribution in [0.2, 0.25) is 5.02 Å². The van der Waals surface area contributed by atoms with Gasteiger partial charge in [-0.05, 0) is 66.6 Å². The Bertz CT molecular complexity index is 1040. The van der Waals surface area contributed by atoms with Gasteiger partial charge in [0.1, 0.15) is 18.6 Å². The van der Waals surface area contributed by atoms with Crippen LogP contribution in [-0.4, -0.2) is 43.8 Å². The van der Waals surface area contributed by atoms with E-state index in [2.05, 4.69) is 36.6 Å². The average Bonchev–Trinajstić information content (AvgIpc) is 2.91. The number of rotatable bonds is 10. The lowest BCUT2D eigenvalue weighted by molar-refractivity contribution is -0.130. The summed E-state index contributed by atoms with van der Waals surface area (Å²) in [4.78, 5) is 28.7. The molecule has 2 aromatic carbocycles. The lowest BCUT2D eigenvalue weighted by atomic mass is 9.95. The molecule has 0 spiro atoms. The summed E-state index contributed by atoms with van der Waals surface area (Å²) in [7, 11) is 1.73. The second kappa shape index (κ2) is 14.1. The first-order valence-corrected chi connectivity index (χ1v) is 13.4. The highest BCUT2D eigenvalue weighted by atomic mass is 35.5. The predicted molar refractivity (Wildman–Crippen MR) is 148 cm³/mol. The summed E-state index contributed by atoms with van der Waals surface area (Å²) < 4.78 is 6.38. The number of unbranched alkanes of at least 4 members (excludes halogenated alkanes) is 2. The zero-order valence-electron chi connectivity index (χ0n) is 21.7. The zero-order valence-corrected chi connectivity index (χ0v) is 22.4. The summed E-state index contributed by atoms with van der Waals surface area (Å²) in [6, 6.07) is 12.0. The monoisotopic (exact) mass is 510 g/mol. The minimum atomic E-state index is -0.506. The third-order valence-corrected chi connectivity index (χ3v) is 7.08. The van der Waals surface area contributed by atoms with Crippen LogP contribution in [0.15, 0.2) is 49.1 Å². The fourth-order valence-electron chi connectivity index (χ4n) is 4.67. The second-order valence-corrected chi connectivity index (χ2v) is 10.0. The van der Waals surface area contributed by atoms with Gasteiger partial charge in [0.05, 0.1) is 5.69 Å². The van der Waals surface area contributed by atoms with E-state index in [0.29, 0.717) is 13.2 Å². The van der Waals surface area contributed by atoms with E-state index < -0.39 is 5.92 Å². The molecule has 194 valence electrons. The van der Waals surface area contributed by atoms with Crippen LogP contribution in [0.1, 0.15) is 68.1 Å². The third kappa shape index (κ3) is 7.60. The number of ether oxygens (including phenoxy) is 1. The topological polar surface area (TPSA) is 49.9 Å². The molecule has 2 aromatic rings. The van der Waals surface area contributed by atoms with Crippen LogP contribution in [0.4, 0.5) is 5.69 Å². The van der Waals surface area contributed by atoms with Gasteiger partial charge >= 0.3 is 0 Å². The number of aryl methyl sites for hydroxylation is 1. The molecule has 1 aliphatic heterocycles. The zero-order chi connectivity index (χ0) is 25.9. The van der Waals surface area contributed by atoms with Crippen LogP contribution in [0.5, 0.6) is 5.75 Å². The Morgan fingerprint density at radius 1 is 1.19 bits per heavy atom. The van der Waals surface area contributed by atoms with Gasteiger partial charge in [0.2, 0.25) is 5.91 Å². The molecule has 6 heteroatoms. The van der Waals surface area contributed by atoms with E-state index in [-0.39, 0.29) is 12.3 Å². The molecule has 36 heavy (non-hydrogen) atoms. The SMILES string of the molecule is C=CCN(C)C(=O)CC(C=O)c1ccc2c(c1)N(CCCCC)CCCCc1cc(Cl)ccc1CO2. The van der Waals surface area contributed by atoms with Crippen molar-refractivity contribution in [3.63, 3.8) is 0 Å². The Balaban J connectivity index is 1.93. The normalized spacial score (nSPS) is 14.5. The summed E-state index contributed by atoms with van der Waals surface area (Å²) in [5, 5.41) is 0.753. The molecule has 0 N–H and O–H groups in total. The number of carbonyl (C=O) groups is 2. The van der Waals surface area contributed by atoms with Gasteiger partial charge in [0.15, 0.2) is 0 Å². The molecule has 0 aromatic heterocycles. The first kappa shape index (κ1) is 27.8. The Hall–Kier alpha value is -2.79. The highest BCUT2D eigenvalue weighted by Gasteiger charge is 2.22. The highest BCUT2D eigenvalue weighted by Crippen LogP contribution is 2.35. The molecular weight excluding hydrogens is 472 g/mol. The number of amides is 1. The maximum Gasteiger partial charge on any atom is 0.223 e. The number of fused-ring (bicyclic) bond motifs is 2. The van der Waals surface area contributed by atoms with Gasteiger partial charge in [-0.3, -0.25) is 4.79 Å². The number of hydrogen-bond donors (Lipinski definition) is 0. The largest absolute Gasteiger partial charge is 0.487 e. The van der Waals surface area contributed by atoms with E-state index in [1.165, 1.54) is 5.56 Å². The first-order valence-electron chi connectivity index (χ1n) is 13.1. The number of nitrogens with zero attached hydrogens (tertiary/aromatic N) is 2. The van der Waals surface area contributed by atoms with Gasteiger partial charge in [-0.1, -0.05) is 49.6 Å². The van der Waals surface area contributed by atoms with Crippen LogP contribution >= 0.6 is 11.6 Å².